The summed E-state index contributed by atoms with van der Waals surface area (Å²) in [6.07, 6.45) is 1.37. The molecule has 3 aromatic carbocycles. The number of anilines is 1. The van der Waals surface area contributed by atoms with Crippen LogP contribution in [-0.2, 0) is 16.2 Å². The summed E-state index contributed by atoms with van der Waals surface area (Å²) in [5.41, 5.74) is 2.24. The summed E-state index contributed by atoms with van der Waals surface area (Å²) in [5.74, 6) is -1.14. The lowest BCUT2D eigenvalue weighted by molar-refractivity contribution is -0.122. The Kier molecular flexibility index (Phi) is 7.07. The lowest BCUT2D eigenvalue weighted by Crippen LogP contribution is -2.54. The number of urea groups is 1. The summed E-state index contributed by atoms with van der Waals surface area (Å²) in [5, 5.41) is 3.23. The summed E-state index contributed by atoms with van der Waals surface area (Å²) in [6.45, 7) is 2.07. The van der Waals surface area contributed by atoms with Crippen LogP contribution in [0.25, 0.3) is 6.08 Å². The highest BCUT2D eigenvalue weighted by Crippen LogP contribution is 2.30. The second kappa shape index (κ2) is 10.0. The van der Waals surface area contributed by atoms with E-state index in [1.54, 1.807) is 48.5 Å². The Morgan fingerprint density at radius 1 is 0.971 bits per heavy atom. The smallest absolute Gasteiger partial charge is 0.335 e. The number of carbonyl (C=O) groups excluding carboxylic acids is 3. The zero-order valence-electron chi connectivity index (χ0n) is 17.8. The molecule has 3 aromatic rings. The minimum absolute atomic E-state index is 0.223. The molecule has 4 amide bonds. The third kappa shape index (κ3) is 5.17. The van der Waals surface area contributed by atoms with Crippen LogP contribution in [0, 0.1) is 6.92 Å². The summed E-state index contributed by atoms with van der Waals surface area (Å²) in [7, 11) is 0. The molecule has 4 rings (SSSR count). The monoisotopic (exact) mass is 558 g/mol. The maximum atomic E-state index is 13.2. The van der Waals surface area contributed by atoms with Crippen LogP contribution in [0.3, 0.4) is 0 Å². The zero-order valence-corrected chi connectivity index (χ0v) is 20.9. The van der Waals surface area contributed by atoms with Crippen molar-refractivity contribution in [3.05, 3.63) is 97.4 Å². The molecule has 0 radical (unpaired) electrons. The highest BCUT2D eigenvalue weighted by atomic mass is 79.9. The van der Waals surface area contributed by atoms with Crippen LogP contribution >= 0.6 is 39.1 Å². The number of carbonyl (C=O) groups is 3. The Morgan fingerprint density at radius 3 is 2.38 bits per heavy atom. The molecule has 1 N–H and O–H groups in total. The molecule has 1 aliphatic rings. The average Bonchev–Trinajstić information content (AvgIpc) is 2.79. The molecule has 172 valence electrons. The van der Waals surface area contributed by atoms with Crippen molar-refractivity contribution in [3.63, 3.8) is 0 Å². The summed E-state index contributed by atoms with van der Waals surface area (Å²) < 4.78 is 6.74. The van der Waals surface area contributed by atoms with E-state index in [1.807, 2.05) is 19.1 Å². The summed E-state index contributed by atoms with van der Waals surface area (Å²) in [6, 6.07) is 16.2. The average molecular weight is 560 g/mol. The second-order valence-corrected chi connectivity index (χ2v) is 9.22. The van der Waals surface area contributed by atoms with Gasteiger partial charge in [0.2, 0.25) is 0 Å². The molecule has 6 nitrogen and oxygen atoms in total. The molecule has 1 heterocycles. The number of benzene rings is 3. The van der Waals surface area contributed by atoms with Gasteiger partial charge in [-0.3, -0.25) is 14.9 Å². The van der Waals surface area contributed by atoms with Gasteiger partial charge in [-0.25, -0.2) is 9.69 Å². The van der Waals surface area contributed by atoms with Crippen LogP contribution < -0.4 is 15.0 Å². The zero-order chi connectivity index (χ0) is 24.4. The summed E-state index contributed by atoms with van der Waals surface area (Å²) in [4.78, 5) is 39.2. The Labute approximate surface area is 214 Å². The molecule has 0 spiro atoms. The third-order valence-electron chi connectivity index (χ3n) is 5.08. The molecule has 0 saturated carbocycles. The van der Waals surface area contributed by atoms with E-state index < -0.39 is 17.8 Å². The van der Waals surface area contributed by atoms with E-state index in [-0.39, 0.29) is 12.2 Å². The van der Waals surface area contributed by atoms with Gasteiger partial charge in [-0.1, -0.05) is 51.3 Å². The lowest BCUT2D eigenvalue weighted by Gasteiger charge is -2.27. The van der Waals surface area contributed by atoms with Crippen molar-refractivity contribution in [2.75, 3.05) is 4.90 Å². The minimum Gasteiger partial charge on any atom is -0.488 e. The molecule has 0 aliphatic carbocycles. The number of amides is 4. The Morgan fingerprint density at radius 2 is 1.68 bits per heavy atom. The van der Waals surface area contributed by atoms with Crippen molar-refractivity contribution in [1.29, 1.82) is 0 Å². The number of hydrogen-bond donors (Lipinski definition) is 1. The van der Waals surface area contributed by atoms with E-state index >= 15 is 0 Å². The standard InChI is InChI=1S/C25H17BrCl2N2O4/c1-14-10-19(7-8-21(14)26)30-24(32)20(23(31)29-25(30)33)12-16-11-18(28)6-9-22(16)34-13-15-2-4-17(27)5-3-15/h2-12H,13H2,1H3,(H,29,31,33)/b20-12-. The molecule has 1 aliphatic heterocycles. The van der Waals surface area contributed by atoms with Gasteiger partial charge in [0, 0.05) is 20.1 Å². The SMILES string of the molecule is Cc1cc(N2C(=O)NC(=O)/C(=C/c3cc(Cl)ccc3OCc3ccc(Cl)cc3)C2=O)ccc1Br. The summed E-state index contributed by atoms with van der Waals surface area (Å²) >= 11 is 15.5. The van der Waals surface area contributed by atoms with Crippen LogP contribution in [0.2, 0.25) is 10.0 Å². The van der Waals surface area contributed by atoms with E-state index in [1.165, 1.54) is 6.08 Å². The van der Waals surface area contributed by atoms with Crippen molar-refractivity contribution in [1.82, 2.24) is 5.32 Å². The minimum atomic E-state index is -0.820. The van der Waals surface area contributed by atoms with Gasteiger partial charge in [-0.15, -0.1) is 0 Å². The van der Waals surface area contributed by atoms with Gasteiger partial charge < -0.3 is 4.74 Å². The number of imide groups is 2. The fourth-order valence-electron chi connectivity index (χ4n) is 3.32. The number of rotatable bonds is 5. The number of nitrogens with zero attached hydrogens (tertiary/aromatic N) is 1. The maximum absolute atomic E-state index is 13.2. The fraction of sp³-hybridized carbons (Fsp3) is 0.0800. The van der Waals surface area contributed by atoms with E-state index in [4.69, 9.17) is 27.9 Å². The van der Waals surface area contributed by atoms with Crippen LogP contribution in [0.15, 0.2) is 70.7 Å². The topological polar surface area (TPSA) is 75.7 Å². The molecule has 0 unspecified atom stereocenters. The molecule has 1 fully saturated rings. The molecule has 0 aromatic heterocycles. The first-order valence-electron chi connectivity index (χ1n) is 10.1. The van der Waals surface area contributed by atoms with Crippen LogP contribution in [0.4, 0.5) is 10.5 Å². The quantitative estimate of drug-likeness (QED) is 0.293. The van der Waals surface area contributed by atoms with Crippen molar-refractivity contribution in [3.8, 4) is 5.75 Å². The Bertz CT molecular complexity index is 1340. The van der Waals surface area contributed by atoms with E-state index in [0.717, 1.165) is 20.5 Å². The van der Waals surface area contributed by atoms with Crippen LogP contribution in [0.1, 0.15) is 16.7 Å². The number of hydrogen-bond acceptors (Lipinski definition) is 4. The maximum Gasteiger partial charge on any atom is 0.335 e. The highest BCUT2D eigenvalue weighted by molar-refractivity contribution is 9.10. The largest absolute Gasteiger partial charge is 0.488 e. The molecule has 34 heavy (non-hydrogen) atoms. The Hall–Kier alpha value is -3.13. The van der Waals surface area contributed by atoms with Gasteiger partial charge in [0.15, 0.2) is 0 Å². The number of halogens is 3. The number of aryl methyl sites for hydroxylation is 1. The predicted octanol–water partition coefficient (Wildman–Crippen LogP) is 6.31. The van der Waals surface area contributed by atoms with Gasteiger partial charge in [0.25, 0.3) is 11.8 Å². The van der Waals surface area contributed by atoms with E-state index in [9.17, 15) is 14.4 Å². The van der Waals surface area contributed by atoms with Crippen molar-refractivity contribution >= 4 is 68.7 Å². The first kappa shape index (κ1) is 24.0. The number of ether oxygens (including phenoxy) is 1. The van der Waals surface area contributed by atoms with Crippen molar-refractivity contribution in [2.24, 2.45) is 0 Å². The van der Waals surface area contributed by atoms with Gasteiger partial charge in [0.1, 0.15) is 17.9 Å². The van der Waals surface area contributed by atoms with E-state index in [2.05, 4.69) is 21.2 Å². The van der Waals surface area contributed by atoms with Crippen molar-refractivity contribution < 1.29 is 19.1 Å². The van der Waals surface area contributed by atoms with Crippen LogP contribution in [-0.4, -0.2) is 17.8 Å². The molecule has 0 bridgehead atoms. The highest BCUT2D eigenvalue weighted by Gasteiger charge is 2.37. The number of barbiturate groups is 1. The number of nitrogens with one attached hydrogen (secondary N) is 1. The second-order valence-electron chi connectivity index (χ2n) is 7.49. The molecule has 0 atom stereocenters. The lowest BCUT2D eigenvalue weighted by atomic mass is 10.1. The normalized spacial score (nSPS) is 15.0. The Balaban J connectivity index is 1.67. The molecular weight excluding hydrogens is 543 g/mol. The predicted molar refractivity (Wildman–Crippen MR) is 135 cm³/mol. The van der Waals surface area contributed by atoms with Crippen molar-refractivity contribution in [2.45, 2.75) is 13.5 Å². The van der Waals surface area contributed by atoms with Gasteiger partial charge in [0.05, 0.1) is 5.69 Å². The van der Waals surface area contributed by atoms with Crippen LogP contribution in [0.5, 0.6) is 5.75 Å². The van der Waals surface area contributed by atoms with E-state index in [0.29, 0.717) is 27.0 Å². The molecule has 1 saturated heterocycles. The first-order valence-corrected chi connectivity index (χ1v) is 11.6. The first-order chi connectivity index (χ1) is 16.2. The van der Waals surface area contributed by atoms with Gasteiger partial charge >= 0.3 is 6.03 Å². The van der Waals surface area contributed by atoms with Gasteiger partial charge in [-0.2, -0.15) is 0 Å². The van der Waals surface area contributed by atoms with Gasteiger partial charge in [-0.05, 0) is 72.7 Å². The molecular formula is C25H17BrCl2N2O4. The third-order valence-corrected chi connectivity index (χ3v) is 6.46. The molecule has 9 heteroatoms. The fourth-order valence-corrected chi connectivity index (χ4v) is 3.87.